The fraction of sp³-hybridized carbons (Fsp3) is 0.261. The number of terminal acetylenes is 1. The summed E-state index contributed by atoms with van der Waals surface area (Å²) >= 11 is 1.29. The molecule has 0 aliphatic heterocycles. The van der Waals surface area contributed by atoms with Crippen molar-refractivity contribution in [1.82, 2.24) is 15.1 Å². The Morgan fingerprint density at radius 3 is 2.83 bits per heavy atom. The van der Waals surface area contributed by atoms with E-state index in [0.29, 0.717) is 23.8 Å². The molecule has 7 heteroatoms. The van der Waals surface area contributed by atoms with E-state index < -0.39 is 0 Å². The number of methoxy groups -OCH3 is 1. The number of carbonyl (C=O) groups is 1. The highest BCUT2D eigenvalue weighted by atomic mass is 32.1. The molecule has 3 aromatic rings. The number of amides is 1. The van der Waals surface area contributed by atoms with Gasteiger partial charge in [0, 0.05) is 11.7 Å². The molecule has 0 spiro atoms. The normalized spacial score (nSPS) is 14.9. The van der Waals surface area contributed by atoms with Crippen LogP contribution in [0.3, 0.4) is 0 Å². The summed E-state index contributed by atoms with van der Waals surface area (Å²) < 4.78 is 5.13. The number of fused-ring (bicyclic) bond motifs is 1. The van der Waals surface area contributed by atoms with Crippen LogP contribution in [-0.4, -0.2) is 34.7 Å². The number of benzene rings is 2. The molecular formula is C23H22N4O2S. The number of nitrogens with zero attached hydrogens (tertiary/aromatic N) is 3. The van der Waals surface area contributed by atoms with Crippen LogP contribution in [0.2, 0.25) is 0 Å². The van der Waals surface area contributed by atoms with Crippen LogP contribution in [0.5, 0.6) is 5.75 Å². The van der Waals surface area contributed by atoms with Crippen molar-refractivity contribution in [2.24, 2.45) is 0 Å². The zero-order valence-corrected chi connectivity index (χ0v) is 17.5. The second-order valence-electron chi connectivity index (χ2n) is 7.05. The third kappa shape index (κ3) is 4.35. The lowest BCUT2D eigenvalue weighted by atomic mass is 10.1. The SMILES string of the molecule is C#CCN(Cc1nnc(C(=O)Nc2ccc(OC)cc2)s1)C1CCc2ccccc21. The molecule has 1 atom stereocenters. The van der Waals surface area contributed by atoms with Gasteiger partial charge in [-0.15, -0.1) is 16.6 Å². The Bertz CT molecular complexity index is 1070. The van der Waals surface area contributed by atoms with E-state index in [-0.39, 0.29) is 11.9 Å². The largest absolute Gasteiger partial charge is 0.497 e. The fourth-order valence-corrected chi connectivity index (χ4v) is 4.51. The average molecular weight is 419 g/mol. The number of aromatic nitrogens is 2. The molecule has 0 saturated carbocycles. The maximum Gasteiger partial charge on any atom is 0.286 e. The maximum absolute atomic E-state index is 12.5. The standard InChI is InChI=1S/C23H22N4O2S/c1-3-14-27(20-13-8-16-6-4-5-7-19(16)20)15-21-25-26-23(30-21)22(28)24-17-9-11-18(29-2)12-10-17/h1,4-7,9-12,20H,8,13-15H2,2H3,(H,24,28). The quantitative estimate of drug-likeness (QED) is 0.589. The van der Waals surface area contributed by atoms with Gasteiger partial charge in [-0.1, -0.05) is 41.5 Å². The van der Waals surface area contributed by atoms with Crippen molar-refractivity contribution in [2.75, 3.05) is 19.0 Å². The Morgan fingerprint density at radius 2 is 2.07 bits per heavy atom. The Balaban J connectivity index is 1.44. The highest BCUT2D eigenvalue weighted by Crippen LogP contribution is 2.36. The van der Waals surface area contributed by atoms with Crippen LogP contribution in [0.25, 0.3) is 0 Å². The van der Waals surface area contributed by atoms with Gasteiger partial charge < -0.3 is 10.1 Å². The lowest BCUT2D eigenvalue weighted by Gasteiger charge is -2.26. The van der Waals surface area contributed by atoms with Gasteiger partial charge in [0.05, 0.1) is 20.2 Å². The second kappa shape index (κ2) is 9.08. The van der Waals surface area contributed by atoms with Crippen molar-refractivity contribution in [3.63, 3.8) is 0 Å². The van der Waals surface area contributed by atoms with Gasteiger partial charge >= 0.3 is 0 Å². The Hall–Kier alpha value is -3.21. The molecule has 152 valence electrons. The molecular weight excluding hydrogens is 396 g/mol. The van der Waals surface area contributed by atoms with Crippen LogP contribution in [-0.2, 0) is 13.0 Å². The molecule has 4 rings (SSSR count). The number of hydrogen-bond acceptors (Lipinski definition) is 6. The number of rotatable bonds is 7. The first-order chi connectivity index (χ1) is 14.7. The first kappa shape index (κ1) is 20.1. The lowest BCUT2D eigenvalue weighted by molar-refractivity contribution is 0.102. The van der Waals surface area contributed by atoms with Crippen molar-refractivity contribution >= 4 is 22.9 Å². The van der Waals surface area contributed by atoms with E-state index in [9.17, 15) is 4.79 Å². The summed E-state index contributed by atoms with van der Waals surface area (Å²) in [6, 6.07) is 15.9. The molecule has 1 aliphatic rings. The maximum atomic E-state index is 12.5. The highest BCUT2D eigenvalue weighted by Gasteiger charge is 2.28. The Kier molecular flexibility index (Phi) is 6.07. The lowest BCUT2D eigenvalue weighted by Crippen LogP contribution is -2.27. The van der Waals surface area contributed by atoms with Crippen LogP contribution in [0.15, 0.2) is 48.5 Å². The fourth-order valence-electron chi connectivity index (χ4n) is 3.75. The summed E-state index contributed by atoms with van der Waals surface area (Å²) in [6.07, 6.45) is 7.71. The molecule has 1 unspecified atom stereocenters. The minimum Gasteiger partial charge on any atom is -0.497 e. The van der Waals surface area contributed by atoms with Crippen LogP contribution in [0, 0.1) is 12.3 Å². The van der Waals surface area contributed by atoms with Crippen molar-refractivity contribution < 1.29 is 9.53 Å². The van der Waals surface area contributed by atoms with Gasteiger partial charge in [0.1, 0.15) is 10.8 Å². The minimum atomic E-state index is -0.279. The van der Waals surface area contributed by atoms with Crippen LogP contribution >= 0.6 is 11.3 Å². The van der Waals surface area contributed by atoms with Crippen LogP contribution < -0.4 is 10.1 Å². The van der Waals surface area contributed by atoms with Gasteiger partial charge in [-0.3, -0.25) is 9.69 Å². The molecule has 1 aliphatic carbocycles. The predicted octanol–water partition coefficient (Wildman–Crippen LogP) is 3.92. The number of hydrogen-bond donors (Lipinski definition) is 1. The molecule has 2 aromatic carbocycles. The van der Waals surface area contributed by atoms with Crippen molar-refractivity contribution in [3.05, 3.63) is 69.7 Å². The average Bonchev–Trinajstić information content (AvgIpc) is 3.41. The Morgan fingerprint density at radius 1 is 1.27 bits per heavy atom. The van der Waals surface area contributed by atoms with Gasteiger partial charge in [0.15, 0.2) is 0 Å². The monoisotopic (exact) mass is 418 g/mol. The number of anilines is 1. The smallest absolute Gasteiger partial charge is 0.286 e. The molecule has 0 saturated heterocycles. The van der Waals surface area contributed by atoms with E-state index in [0.717, 1.165) is 23.6 Å². The van der Waals surface area contributed by atoms with Gasteiger partial charge in [-0.2, -0.15) is 0 Å². The van der Waals surface area contributed by atoms with E-state index in [2.05, 4.69) is 50.6 Å². The van der Waals surface area contributed by atoms with Gasteiger partial charge in [-0.25, -0.2) is 0 Å². The summed E-state index contributed by atoms with van der Waals surface area (Å²) in [7, 11) is 1.60. The van der Waals surface area contributed by atoms with E-state index in [1.807, 2.05) is 0 Å². The number of carbonyl (C=O) groups excluding carboxylic acids is 1. The van der Waals surface area contributed by atoms with Crippen molar-refractivity contribution in [2.45, 2.75) is 25.4 Å². The Labute approximate surface area is 179 Å². The molecule has 0 radical (unpaired) electrons. The third-order valence-electron chi connectivity index (χ3n) is 5.18. The van der Waals surface area contributed by atoms with E-state index in [4.69, 9.17) is 11.2 Å². The molecule has 30 heavy (non-hydrogen) atoms. The molecule has 1 N–H and O–H groups in total. The minimum absolute atomic E-state index is 0.262. The second-order valence-corrected chi connectivity index (χ2v) is 8.11. The highest BCUT2D eigenvalue weighted by molar-refractivity contribution is 7.13. The summed E-state index contributed by atoms with van der Waals surface area (Å²) in [5.41, 5.74) is 3.38. The summed E-state index contributed by atoms with van der Waals surface area (Å²) in [5, 5.41) is 12.3. The van der Waals surface area contributed by atoms with E-state index >= 15 is 0 Å². The molecule has 1 amide bonds. The third-order valence-corrected chi connectivity index (χ3v) is 6.09. The summed E-state index contributed by atoms with van der Waals surface area (Å²) in [5.74, 6) is 3.21. The van der Waals surface area contributed by atoms with Gasteiger partial charge in [0.25, 0.3) is 5.91 Å². The van der Waals surface area contributed by atoms with Crippen molar-refractivity contribution in [3.8, 4) is 18.1 Å². The zero-order valence-electron chi connectivity index (χ0n) is 16.7. The van der Waals surface area contributed by atoms with Gasteiger partial charge in [-0.05, 0) is 48.2 Å². The van der Waals surface area contributed by atoms with Gasteiger partial charge in [0.2, 0.25) is 5.01 Å². The summed E-state index contributed by atoms with van der Waals surface area (Å²) in [4.78, 5) is 14.8. The summed E-state index contributed by atoms with van der Waals surface area (Å²) in [6.45, 7) is 1.09. The number of nitrogens with one attached hydrogen (secondary N) is 1. The first-order valence-corrected chi connectivity index (χ1v) is 10.5. The zero-order chi connectivity index (χ0) is 20.9. The number of ether oxygens (including phenoxy) is 1. The predicted molar refractivity (Wildman–Crippen MR) is 118 cm³/mol. The van der Waals surface area contributed by atoms with E-state index in [1.54, 1.807) is 31.4 Å². The van der Waals surface area contributed by atoms with Crippen molar-refractivity contribution in [1.29, 1.82) is 0 Å². The first-order valence-electron chi connectivity index (χ1n) is 9.71. The van der Waals surface area contributed by atoms with E-state index in [1.165, 1.54) is 22.5 Å². The van der Waals surface area contributed by atoms with Crippen LogP contribution in [0.1, 0.15) is 38.4 Å². The molecule has 1 heterocycles. The molecule has 6 nitrogen and oxygen atoms in total. The molecule has 0 bridgehead atoms. The topological polar surface area (TPSA) is 67.4 Å². The van der Waals surface area contributed by atoms with Crippen LogP contribution in [0.4, 0.5) is 5.69 Å². The molecule has 0 fully saturated rings. The molecule has 1 aromatic heterocycles. The number of aryl methyl sites for hydroxylation is 1.